The molecule has 0 aliphatic carbocycles. The highest BCUT2D eigenvalue weighted by molar-refractivity contribution is 6.44. The Morgan fingerprint density at radius 2 is 1.71 bits per heavy atom. The first kappa shape index (κ1) is 27.3. The molecular formula is C25H28Cl2N2O5. The van der Waals surface area contributed by atoms with Crippen LogP contribution in [0.15, 0.2) is 36.4 Å². The van der Waals surface area contributed by atoms with Gasteiger partial charge in [-0.3, -0.25) is 19.2 Å². The highest BCUT2D eigenvalue weighted by Crippen LogP contribution is 2.31. The Morgan fingerprint density at radius 3 is 2.29 bits per heavy atom. The average Bonchev–Trinajstić information content (AvgIpc) is 2.83. The molecule has 0 aromatic heterocycles. The lowest BCUT2D eigenvalue weighted by molar-refractivity contribution is -0.153. The Bertz CT molecular complexity index is 1090. The van der Waals surface area contributed by atoms with Gasteiger partial charge in [0.05, 0.1) is 17.2 Å². The fourth-order valence-corrected chi connectivity index (χ4v) is 3.73. The van der Waals surface area contributed by atoms with Crippen molar-refractivity contribution >= 4 is 58.1 Å². The minimum atomic E-state index is -1.60. The van der Waals surface area contributed by atoms with Crippen molar-refractivity contribution in [3.63, 3.8) is 0 Å². The number of halogens is 2. The molecule has 0 saturated heterocycles. The highest BCUT2D eigenvalue weighted by atomic mass is 35.5. The Hall–Kier alpha value is -2.90. The van der Waals surface area contributed by atoms with E-state index in [4.69, 9.17) is 23.2 Å². The average molecular weight is 507 g/mol. The van der Waals surface area contributed by atoms with Gasteiger partial charge in [0.25, 0.3) is 5.91 Å². The fraction of sp³-hybridized carbons (Fsp3) is 0.360. The lowest BCUT2D eigenvalue weighted by Gasteiger charge is -2.20. The number of rotatable bonds is 10. The third-order valence-corrected chi connectivity index (χ3v) is 6.30. The maximum Gasteiger partial charge on any atom is 0.317 e. The van der Waals surface area contributed by atoms with E-state index in [0.29, 0.717) is 22.8 Å². The molecule has 0 unspecified atom stereocenters. The van der Waals surface area contributed by atoms with Crippen molar-refractivity contribution in [1.82, 2.24) is 0 Å². The SMILES string of the molecule is CCc1cccc([C@H](C)CC)c1NC(=O)C(=O)[C@@H](CC(=O)Nc1ccc(Cl)c(Cl)c1)C(=O)OC. The first-order valence-electron chi connectivity index (χ1n) is 10.9. The number of hydrogen-bond acceptors (Lipinski definition) is 5. The van der Waals surface area contributed by atoms with Crippen molar-refractivity contribution in [2.75, 3.05) is 17.7 Å². The summed E-state index contributed by atoms with van der Waals surface area (Å²) in [6.07, 6.45) is 0.900. The fourth-order valence-electron chi connectivity index (χ4n) is 3.43. The number of benzene rings is 2. The molecule has 0 fully saturated rings. The van der Waals surface area contributed by atoms with Gasteiger partial charge in [-0.05, 0) is 48.1 Å². The minimum absolute atomic E-state index is 0.144. The van der Waals surface area contributed by atoms with E-state index >= 15 is 0 Å². The van der Waals surface area contributed by atoms with E-state index in [1.165, 1.54) is 18.2 Å². The van der Waals surface area contributed by atoms with Crippen LogP contribution in [-0.4, -0.2) is 30.7 Å². The van der Waals surface area contributed by atoms with E-state index in [1.54, 1.807) is 0 Å². The largest absolute Gasteiger partial charge is 0.468 e. The smallest absolute Gasteiger partial charge is 0.317 e. The second kappa shape index (κ2) is 12.5. The molecule has 2 atom stereocenters. The van der Waals surface area contributed by atoms with Crippen molar-refractivity contribution in [2.45, 2.75) is 46.0 Å². The van der Waals surface area contributed by atoms with Crippen LogP contribution in [0.5, 0.6) is 0 Å². The zero-order valence-electron chi connectivity index (χ0n) is 19.5. The molecule has 7 nitrogen and oxygen atoms in total. The molecule has 182 valence electrons. The Labute approximate surface area is 209 Å². The van der Waals surface area contributed by atoms with Gasteiger partial charge in [-0.1, -0.05) is 62.2 Å². The van der Waals surface area contributed by atoms with Crippen LogP contribution in [0, 0.1) is 5.92 Å². The molecule has 2 rings (SSSR count). The number of ketones is 1. The normalized spacial score (nSPS) is 12.4. The number of carbonyl (C=O) groups is 4. The summed E-state index contributed by atoms with van der Waals surface area (Å²) in [4.78, 5) is 50.7. The second-order valence-electron chi connectivity index (χ2n) is 7.82. The summed E-state index contributed by atoms with van der Waals surface area (Å²) in [6.45, 7) is 5.99. The van der Waals surface area contributed by atoms with Crippen molar-refractivity contribution < 1.29 is 23.9 Å². The van der Waals surface area contributed by atoms with Gasteiger partial charge in [-0.15, -0.1) is 0 Å². The molecule has 0 saturated carbocycles. The molecule has 2 amide bonds. The summed E-state index contributed by atoms with van der Waals surface area (Å²) in [5, 5.41) is 5.76. The van der Waals surface area contributed by atoms with Crippen molar-refractivity contribution in [2.24, 2.45) is 5.92 Å². The molecule has 2 N–H and O–H groups in total. The summed E-state index contributed by atoms with van der Waals surface area (Å²) in [7, 11) is 1.09. The summed E-state index contributed by atoms with van der Waals surface area (Å²) in [5.74, 6) is -5.14. The summed E-state index contributed by atoms with van der Waals surface area (Å²) >= 11 is 11.8. The number of methoxy groups -OCH3 is 1. The monoisotopic (exact) mass is 506 g/mol. The van der Waals surface area contributed by atoms with Gasteiger partial charge in [0.2, 0.25) is 11.7 Å². The number of aryl methyl sites for hydroxylation is 1. The number of esters is 1. The predicted octanol–water partition coefficient (Wildman–Crippen LogP) is 5.39. The van der Waals surface area contributed by atoms with E-state index in [2.05, 4.69) is 15.4 Å². The number of ether oxygens (including phenoxy) is 1. The summed E-state index contributed by atoms with van der Waals surface area (Å²) < 4.78 is 4.69. The topological polar surface area (TPSA) is 102 Å². The van der Waals surface area contributed by atoms with E-state index < -0.39 is 35.9 Å². The first-order valence-corrected chi connectivity index (χ1v) is 11.7. The third kappa shape index (κ3) is 6.81. The lowest BCUT2D eigenvalue weighted by Crippen LogP contribution is -2.37. The molecule has 9 heteroatoms. The maximum absolute atomic E-state index is 13.0. The zero-order valence-corrected chi connectivity index (χ0v) is 21.0. The molecule has 0 radical (unpaired) electrons. The van der Waals surface area contributed by atoms with Gasteiger partial charge in [-0.2, -0.15) is 0 Å². The van der Waals surface area contributed by atoms with Crippen LogP contribution < -0.4 is 10.6 Å². The van der Waals surface area contributed by atoms with Crippen LogP contribution in [0.4, 0.5) is 11.4 Å². The Balaban J connectivity index is 2.23. The minimum Gasteiger partial charge on any atom is -0.468 e. The van der Waals surface area contributed by atoms with E-state index in [1.807, 2.05) is 39.0 Å². The van der Waals surface area contributed by atoms with Crippen molar-refractivity contribution in [3.05, 3.63) is 57.6 Å². The van der Waals surface area contributed by atoms with Crippen molar-refractivity contribution in [3.8, 4) is 0 Å². The van der Waals surface area contributed by atoms with Gasteiger partial charge in [0.1, 0.15) is 5.92 Å². The number of amides is 2. The van der Waals surface area contributed by atoms with E-state index in [-0.39, 0.29) is 10.9 Å². The number of hydrogen-bond donors (Lipinski definition) is 2. The molecule has 0 spiro atoms. The first-order chi connectivity index (χ1) is 16.1. The molecule has 2 aromatic rings. The van der Waals surface area contributed by atoms with Crippen LogP contribution in [-0.2, 0) is 30.3 Å². The van der Waals surface area contributed by atoms with Crippen LogP contribution >= 0.6 is 23.2 Å². The maximum atomic E-state index is 13.0. The van der Waals surface area contributed by atoms with Crippen LogP contribution in [0.2, 0.25) is 10.0 Å². The third-order valence-electron chi connectivity index (χ3n) is 5.56. The molecule has 0 aliphatic rings. The quantitative estimate of drug-likeness (QED) is 0.255. The summed E-state index contributed by atoms with van der Waals surface area (Å²) in [6, 6.07) is 10.1. The van der Waals surface area contributed by atoms with Gasteiger partial charge in [0.15, 0.2) is 0 Å². The lowest BCUT2D eigenvalue weighted by atomic mass is 9.93. The predicted molar refractivity (Wildman–Crippen MR) is 133 cm³/mol. The highest BCUT2D eigenvalue weighted by Gasteiger charge is 2.35. The summed E-state index contributed by atoms with van der Waals surface area (Å²) in [5.41, 5.74) is 2.65. The number of Topliss-reactive ketones (excluding diaryl/α,β-unsaturated/α-hetero) is 1. The number of carbonyl (C=O) groups excluding carboxylic acids is 4. The number of anilines is 2. The van der Waals surface area contributed by atoms with Crippen molar-refractivity contribution in [1.29, 1.82) is 0 Å². The van der Waals surface area contributed by atoms with Crippen LogP contribution in [0.25, 0.3) is 0 Å². The van der Waals surface area contributed by atoms with Crippen LogP contribution in [0.1, 0.15) is 50.7 Å². The van der Waals surface area contributed by atoms with E-state index in [0.717, 1.165) is 24.7 Å². The molecule has 2 aromatic carbocycles. The Kier molecular flexibility index (Phi) is 10.1. The number of para-hydroxylation sites is 1. The van der Waals surface area contributed by atoms with Gasteiger partial charge in [0, 0.05) is 17.8 Å². The molecule has 34 heavy (non-hydrogen) atoms. The van der Waals surface area contributed by atoms with Gasteiger partial charge < -0.3 is 15.4 Å². The zero-order chi connectivity index (χ0) is 25.4. The molecular weight excluding hydrogens is 479 g/mol. The number of nitrogens with one attached hydrogen (secondary N) is 2. The second-order valence-corrected chi connectivity index (χ2v) is 8.63. The molecule has 0 heterocycles. The standard InChI is InChI=1S/C25H28Cl2N2O5/c1-5-14(3)17-9-7-8-15(6-2)22(17)29-24(32)23(31)18(25(33)34-4)13-21(30)28-16-10-11-19(26)20(27)12-16/h7-12,14,18H,5-6,13H2,1-4H3,(H,28,30)(H,29,32)/t14-,18-/m1/s1. The van der Waals surface area contributed by atoms with Gasteiger partial charge in [-0.25, -0.2) is 0 Å². The molecule has 0 bridgehead atoms. The molecule has 0 aliphatic heterocycles. The van der Waals surface area contributed by atoms with Gasteiger partial charge >= 0.3 is 5.97 Å². The Morgan fingerprint density at radius 1 is 1.00 bits per heavy atom. The van der Waals surface area contributed by atoms with Crippen LogP contribution in [0.3, 0.4) is 0 Å². The van der Waals surface area contributed by atoms with E-state index in [9.17, 15) is 19.2 Å².